The standard InChI is InChI=1S/C17H27N7O/c1-11-12(2)25-16(20-11)10-19-17(21-14-7-5-6-8-14)18-9-15-23-22-13(3)24(15)4/h14H,5-10H2,1-4H3,(H2,18,19,21). The van der Waals surface area contributed by atoms with Crippen LogP contribution in [0.3, 0.4) is 0 Å². The van der Waals surface area contributed by atoms with Gasteiger partial charge in [0.25, 0.3) is 0 Å². The summed E-state index contributed by atoms with van der Waals surface area (Å²) in [4.78, 5) is 9.09. The van der Waals surface area contributed by atoms with E-state index in [0.29, 0.717) is 25.0 Å². The van der Waals surface area contributed by atoms with Crippen molar-refractivity contribution in [1.29, 1.82) is 0 Å². The van der Waals surface area contributed by atoms with Crippen molar-refractivity contribution in [3.05, 3.63) is 29.0 Å². The average molecular weight is 345 g/mol. The first-order chi connectivity index (χ1) is 12.0. The van der Waals surface area contributed by atoms with Crippen molar-refractivity contribution >= 4 is 5.96 Å². The summed E-state index contributed by atoms with van der Waals surface area (Å²) in [5, 5.41) is 15.1. The zero-order chi connectivity index (χ0) is 17.8. The van der Waals surface area contributed by atoms with Gasteiger partial charge < -0.3 is 19.6 Å². The third-order valence-electron chi connectivity index (χ3n) is 4.74. The molecule has 8 nitrogen and oxygen atoms in total. The highest BCUT2D eigenvalue weighted by Crippen LogP contribution is 2.17. The maximum Gasteiger partial charge on any atom is 0.214 e. The Bertz CT molecular complexity index is 721. The second-order valence-corrected chi connectivity index (χ2v) is 6.62. The molecule has 8 heteroatoms. The summed E-state index contributed by atoms with van der Waals surface area (Å²) >= 11 is 0. The summed E-state index contributed by atoms with van der Waals surface area (Å²) in [6.07, 6.45) is 4.90. The van der Waals surface area contributed by atoms with Crippen LogP contribution in [0.15, 0.2) is 9.41 Å². The summed E-state index contributed by atoms with van der Waals surface area (Å²) in [5.74, 6) is 4.02. The van der Waals surface area contributed by atoms with E-state index < -0.39 is 0 Å². The van der Waals surface area contributed by atoms with Gasteiger partial charge in [-0.1, -0.05) is 12.8 Å². The molecule has 2 aromatic heterocycles. The van der Waals surface area contributed by atoms with E-state index in [9.17, 15) is 0 Å². The molecule has 0 amide bonds. The second kappa shape index (κ2) is 7.67. The van der Waals surface area contributed by atoms with Crippen LogP contribution in [-0.2, 0) is 20.1 Å². The van der Waals surface area contributed by atoms with Crippen molar-refractivity contribution in [3.8, 4) is 0 Å². The Kier molecular flexibility index (Phi) is 5.35. The molecule has 0 aromatic carbocycles. The maximum atomic E-state index is 5.64. The fourth-order valence-electron chi connectivity index (χ4n) is 2.93. The van der Waals surface area contributed by atoms with Crippen LogP contribution < -0.4 is 10.6 Å². The Morgan fingerprint density at radius 2 is 2.00 bits per heavy atom. The molecule has 1 saturated carbocycles. The van der Waals surface area contributed by atoms with E-state index in [1.807, 2.05) is 32.4 Å². The summed E-state index contributed by atoms with van der Waals surface area (Å²) in [6.45, 7) is 6.79. The number of aromatic nitrogens is 4. The van der Waals surface area contributed by atoms with Gasteiger partial charge in [0.15, 0.2) is 11.8 Å². The molecule has 1 fully saturated rings. The van der Waals surface area contributed by atoms with Gasteiger partial charge in [0.2, 0.25) is 5.89 Å². The molecule has 136 valence electrons. The molecule has 2 heterocycles. The summed E-state index contributed by atoms with van der Waals surface area (Å²) in [5.41, 5.74) is 0.925. The monoisotopic (exact) mass is 345 g/mol. The van der Waals surface area contributed by atoms with Gasteiger partial charge in [0.05, 0.1) is 12.2 Å². The summed E-state index contributed by atoms with van der Waals surface area (Å²) in [7, 11) is 1.95. The van der Waals surface area contributed by atoms with Gasteiger partial charge in [-0.05, 0) is 33.6 Å². The highest BCUT2D eigenvalue weighted by atomic mass is 16.4. The van der Waals surface area contributed by atoms with Crippen molar-refractivity contribution in [1.82, 2.24) is 30.4 Å². The molecule has 2 aromatic rings. The van der Waals surface area contributed by atoms with Crippen LogP contribution in [0.25, 0.3) is 0 Å². The fraction of sp³-hybridized carbons (Fsp3) is 0.647. The lowest BCUT2D eigenvalue weighted by Crippen LogP contribution is -2.42. The number of oxazole rings is 1. The largest absolute Gasteiger partial charge is 0.444 e. The Morgan fingerprint density at radius 3 is 2.60 bits per heavy atom. The van der Waals surface area contributed by atoms with Crippen LogP contribution in [0.1, 0.15) is 54.7 Å². The number of guanidine groups is 1. The number of nitrogens with one attached hydrogen (secondary N) is 2. The van der Waals surface area contributed by atoms with Crippen LogP contribution in [-0.4, -0.2) is 31.7 Å². The summed E-state index contributed by atoms with van der Waals surface area (Å²) < 4.78 is 7.59. The van der Waals surface area contributed by atoms with E-state index >= 15 is 0 Å². The molecule has 0 unspecified atom stereocenters. The number of aliphatic imine (C=N–C) groups is 1. The van der Waals surface area contributed by atoms with E-state index in [-0.39, 0.29) is 0 Å². The molecule has 3 rings (SSSR count). The first-order valence-corrected chi connectivity index (χ1v) is 8.85. The molecule has 1 aliphatic carbocycles. The van der Waals surface area contributed by atoms with Crippen LogP contribution >= 0.6 is 0 Å². The van der Waals surface area contributed by atoms with Gasteiger partial charge in [-0.15, -0.1) is 10.2 Å². The number of rotatable bonds is 5. The van der Waals surface area contributed by atoms with Gasteiger partial charge in [-0.3, -0.25) is 0 Å². The molecule has 25 heavy (non-hydrogen) atoms. The zero-order valence-electron chi connectivity index (χ0n) is 15.5. The number of hydrogen-bond acceptors (Lipinski definition) is 5. The van der Waals surface area contributed by atoms with E-state index in [1.54, 1.807) is 0 Å². The van der Waals surface area contributed by atoms with E-state index in [1.165, 1.54) is 25.7 Å². The van der Waals surface area contributed by atoms with E-state index in [4.69, 9.17) is 4.42 Å². The van der Waals surface area contributed by atoms with E-state index in [2.05, 4.69) is 30.8 Å². The fourth-order valence-corrected chi connectivity index (χ4v) is 2.93. The number of aryl methyl sites for hydroxylation is 3. The van der Waals surface area contributed by atoms with Gasteiger partial charge in [-0.2, -0.15) is 0 Å². The zero-order valence-corrected chi connectivity index (χ0v) is 15.5. The van der Waals surface area contributed by atoms with Gasteiger partial charge in [-0.25, -0.2) is 9.98 Å². The number of hydrogen-bond donors (Lipinski definition) is 2. The number of nitrogens with zero attached hydrogens (tertiary/aromatic N) is 5. The molecular formula is C17H27N7O. The second-order valence-electron chi connectivity index (χ2n) is 6.62. The third kappa shape index (κ3) is 4.37. The summed E-state index contributed by atoms with van der Waals surface area (Å²) in [6, 6.07) is 0.473. The van der Waals surface area contributed by atoms with Crippen molar-refractivity contribution in [2.75, 3.05) is 0 Å². The lowest BCUT2D eigenvalue weighted by molar-refractivity contribution is 0.462. The predicted molar refractivity (Wildman–Crippen MR) is 95.1 cm³/mol. The third-order valence-corrected chi connectivity index (χ3v) is 4.74. The minimum absolute atomic E-state index is 0.473. The molecular weight excluding hydrogens is 318 g/mol. The van der Waals surface area contributed by atoms with Gasteiger partial charge in [0, 0.05) is 13.1 Å². The average Bonchev–Trinajstić information content (AvgIpc) is 3.28. The maximum absolute atomic E-state index is 5.64. The normalized spacial score (nSPS) is 15.8. The predicted octanol–water partition coefficient (Wildman–Crippen LogP) is 1.91. The topological polar surface area (TPSA) is 93.2 Å². The molecule has 0 radical (unpaired) electrons. The lowest BCUT2D eigenvalue weighted by atomic mass is 10.2. The highest BCUT2D eigenvalue weighted by Gasteiger charge is 2.17. The SMILES string of the molecule is Cc1nc(CNC(=NCc2nnc(C)n2C)NC2CCCC2)oc1C. The smallest absolute Gasteiger partial charge is 0.214 e. The molecule has 0 aliphatic heterocycles. The first kappa shape index (κ1) is 17.4. The van der Waals surface area contributed by atoms with Crippen LogP contribution in [0.4, 0.5) is 0 Å². The molecule has 0 saturated heterocycles. The van der Waals surface area contributed by atoms with Crippen molar-refractivity contribution in [2.45, 2.75) is 65.6 Å². The van der Waals surface area contributed by atoms with Crippen molar-refractivity contribution in [2.24, 2.45) is 12.0 Å². The Hall–Kier alpha value is -2.38. The highest BCUT2D eigenvalue weighted by molar-refractivity contribution is 5.80. The quantitative estimate of drug-likeness (QED) is 0.635. The van der Waals surface area contributed by atoms with Gasteiger partial charge in [0.1, 0.15) is 18.1 Å². The molecule has 2 N–H and O–H groups in total. The Morgan fingerprint density at radius 1 is 1.24 bits per heavy atom. The molecule has 0 bridgehead atoms. The van der Waals surface area contributed by atoms with Crippen LogP contribution in [0.5, 0.6) is 0 Å². The first-order valence-electron chi connectivity index (χ1n) is 8.85. The van der Waals surface area contributed by atoms with Crippen molar-refractivity contribution < 1.29 is 4.42 Å². The lowest BCUT2D eigenvalue weighted by Gasteiger charge is -2.16. The Balaban J connectivity index is 1.67. The Labute approximate surface area is 148 Å². The molecule has 0 spiro atoms. The minimum Gasteiger partial charge on any atom is -0.444 e. The van der Waals surface area contributed by atoms with E-state index in [0.717, 1.165) is 29.1 Å². The van der Waals surface area contributed by atoms with Crippen molar-refractivity contribution in [3.63, 3.8) is 0 Å². The molecule has 1 aliphatic rings. The van der Waals surface area contributed by atoms with Crippen LogP contribution in [0, 0.1) is 20.8 Å². The minimum atomic E-state index is 0.473. The van der Waals surface area contributed by atoms with Gasteiger partial charge >= 0.3 is 0 Å². The van der Waals surface area contributed by atoms with Crippen LogP contribution in [0.2, 0.25) is 0 Å². The molecule has 0 atom stereocenters.